The molecular formula is C19H25NO2. The minimum atomic E-state index is 0.00564. The highest BCUT2D eigenvalue weighted by atomic mass is 16.5. The van der Waals surface area contributed by atoms with Crippen molar-refractivity contribution in [1.29, 1.82) is 0 Å². The summed E-state index contributed by atoms with van der Waals surface area (Å²) in [5.41, 5.74) is 1.00. The zero-order chi connectivity index (χ0) is 15.5. The van der Waals surface area contributed by atoms with Gasteiger partial charge in [0, 0.05) is 12.1 Å². The maximum Gasteiger partial charge on any atom is 0.244 e. The molecule has 3 nitrogen and oxygen atoms in total. The van der Waals surface area contributed by atoms with Crippen molar-refractivity contribution in [3.63, 3.8) is 0 Å². The Kier molecular flexibility index (Phi) is 4.51. The van der Waals surface area contributed by atoms with Crippen LogP contribution in [0.3, 0.4) is 0 Å². The van der Waals surface area contributed by atoms with E-state index < -0.39 is 0 Å². The number of benzene rings is 1. The van der Waals surface area contributed by atoms with Crippen LogP contribution in [0.15, 0.2) is 30.3 Å². The number of methoxy groups -OCH3 is 1. The predicted molar refractivity (Wildman–Crippen MR) is 88.6 cm³/mol. The fourth-order valence-corrected chi connectivity index (χ4v) is 4.17. The third-order valence-corrected chi connectivity index (χ3v) is 5.35. The van der Waals surface area contributed by atoms with E-state index in [1.165, 1.54) is 25.7 Å². The zero-order valence-corrected chi connectivity index (χ0v) is 13.4. The molecule has 4 atom stereocenters. The van der Waals surface area contributed by atoms with Gasteiger partial charge < -0.3 is 10.1 Å². The fraction of sp³-hybridized carbons (Fsp3) is 0.526. The Bertz CT molecular complexity index is 549. The second kappa shape index (κ2) is 6.55. The molecule has 22 heavy (non-hydrogen) atoms. The summed E-state index contributed by atoms with van der Waals surface area (Å²) in [4.78, 5) is 12.1. The number of fused-ring (bicyclic) bond motifs is 2. The van der Waals surface area contributed by atoms with E-state index in [-0.39, 0.29) is 11.9 Å². The van der Waals surface area contributed by atoms with Crippen LogP contribution in [0.25, 0.3) is 6.08 Å². The van der Waals surface area contributed by atoms with Crippen LogP contribution < -0.4 is 10.1 Å². The average molecular weight is 299 g/mol. The van der Waals surface area contributed by atoms with Gasteiger partial charge >= 0.3 is 0 Å². The average Bonchev–Trinajstić information content (AvgIpc) is 3.16. The summed E-state index contributed by atoms with van der Waals surface area (Å²) in [6.45, 7) is 2.16. The number of carbonyl (C=O) groups is 1. The van der Waals surface area contributed by atoms with Crippen LogP contribution >= 0.6 is 0 Å². The first-order valence-corrected chi connectivity index (χ1v) is 8.28. The maximum absolute atomic E-state index is 12.1. The molecule has 0 aliphatic heterocycles. The van der Waals surface area contributed by atoms with Crippen molar-refractivity contribution in [2.75, 3.05) is 7.11 Å². The smallest absolute Gasteiger partial charge is 0.244 e. The molecule has 0 spiro atoms. The molecule has 0 unspecified atom stereocenters. The van der Waals surface area contributed by atoms with Crippen LogP contribution in [0, 0.1) is 17.8 Å². The Balaban J connectivity index is 1.52. The highest BCUT2D eigenvalue weighted by Crippen LogP contribution is 2.49. The first kappa shape index (κ1) is 15.1. The van der Waals surface area contributed by atoms with E-state index in [4.69, 9.17) is 4.74 Å². The fourth-order valence-electron chi connectivity index (χ4n) is 4.17. The minimum Gasteiger partial charge on any atom is -0.497 e. The van der Waals surface area contributed by atoms with Gasteiger partial charge in [-0.3, -0.25) is 4.79 Å². The molecule has 1 aromatic carbocycles. The quantitative estimate of drug-likeness (QED) is 0.843. The van der Waals surface area contributed by atoms with E-state index in [1.807, 2.05) is 30.3 Å². The Labute approximate surface area is 132 Å². The Morgan fingerprint density at radius 1 is 1.27 bits per heavy atom. The highest BCUT2D eigenvalue weighted by molar-refractivity contribution is 5.91. The summed E-state index contributed by atoms with van der Waals surface area (Å²) in [6.07, 6.45) is 8.92. The van der Waals surface area contributed by atoms with E-state index >= 15 is 0 Å². The van der Waals surface area contributed by atoms with Crippen LogP contribution in [0.1, 0.15) is 38.2 Å². The predicted octanol–water partition coefficient (Wildman–Crippen LogP) is 3.65. The van der Waals surface area contributed by atoms with E-state index in [1.54, 1.807) is 13.2 Å². The van der Waals surface area contributed by atoms with Gasteiger partial charge in [-0.1, -0.05) is 18.6 Å². The first-order chi connectivity index (χ1) is 10.7. The van der Waals surface area contributed by atoms with E-state index in [9.17, 15) is 4.79 Å². The Morgan fingerprint density at radius 3 is 2.64 bits per heavy atom. The summed E-state index contributed by atoms with van der Waals surface area (Å²) < 4.78 is 5.13. The lowest BCUT2D eigenvalue weighted by molar-refractivity contribution is -0.117. The molecule has 0 radical (unpaired) electrons. The number of hydrogen-bond acceptors (Lipinski definition) is 2. The molecule has 2 bridgehead atoms. The molecule has 2 aliphatic rings. The van der Waals surface area contributed by atoms with Gasteiger partial charge in [0.05, 0.1) is 7.11 Å². The van der Waals surface area contributed by atoms with Crippen LogP contribution in [-0.4, -0.2) is 19.1 Å². The van der Waals surface area contributed by atoms with E-state index in [0.717, 1.165) is 23.1 Å². The second-order valence-electron chi connectivity index (χ2n) is 6.74. The van der Waals surface area contributed by atoms with Gasteiger partial charge in [-0.25, -0.2) is 0 Å². The van der Waals surface area contributed by atoms with Crippen LogP contribution in [-0.2, 0) is 4.79 Å². The van der Waals surface area contributed by atoms with Gasteiger partial charge in [-0.15, -0.1) is 0 Å². The van der Waals surface area contributed by atoms with Crippen molar-refractivity contribution in [3.8, 4) is 5.75 Å². The molecule has 2 fully saturated rings. The number of rotatable bonds is 5. The summed E-state index contributed by atoms with van der Waals surface area (Å²) in [5, 5.41) is 3.15. The normalized spacial score (nSPS) is 28.0. The summed E-state index contributed by atoms with van der Waals surface area (Å²) in [5.74, 6) is 3.27. The van der Waals surface area contributed by atoms with Gasteiger partial charge in [0.2, 0.25) is 5.91 Å². The topological polar surface area (TPSA) is 38.3 Å². The third-order valence-electron chi connectivity index (χ3n) is 5.35. The molecule has 0 heterocycles. The number of ether oxygens (including phenoxy) is 1. The lowest BCUT2D eigenvalue weighted by Gasteiger charge is -2.28. The number of amides is 1. The first-order valence-electron chi connectivity index (χ1n) is 8.28. The van der Waals surface area contributed by atoms with Gasteiger partial charge in [-0.2, -0.15) is 0 Å². The van der Waals surface area contributed by atoms with Crippen molar-refractivity contribution in [1.82, 2.24) is 5.32 Å². The molecule has 2 aliphatic carbocycles. The highest BCUT2D eigenvalue weighted by Gasteiger charge is 2.41. The summed E-state index contributed by atoms with van der Waals surface area (Å²) in [7, 11) is 1.65. The van der Waals surface area contributed by atoms with Crippen molar-refractivity contribution in [2.24, 2.45) is 17.8 Å². The second-order valence-corrected chi connectivity index (χ2v) is 6.74. The molecule has 2 saturated carbocycles. The van der Waals surface area contributed by atoms with Crippen molar-refractivity contribution in [3.05, 3.63) is 35.9 Å². The van der Waals surface area contributed by atoms with Crippen molar-refractivity contribution in [2.45, 2.75) is 38.6 Å². The molecule has 0 saturated heterocycles. The van der Waals surface area contributed by atoms with Gasteiger partial charge in [-0.05, 0) is 67.7 Å². The largest absolute Gasteiger partial charge is 0.497 e. The number of carbonyl (C=O) groups excluding carboxylic acids is 1. The van der Waals surface area contributed by atoms with Crippen molar-refractivity contribution >= 4 is 12.0 Å². The molecule has 1 N–H and O–H groups in total. The molecule has 0 aromatic heterocycles. The standard InChI is InChI=1S/C19H25NO2/c1-13(18-12-15-3-7-16(18)11-15)20-19(21)10-6-14-4-8-17(22-2)9-5-14/h4-6,8-10,13,15-16,18H,3,7,11-12H2,1-2H3,(H,20,21)/b10-6+/t13-,15+,16+,18+/m1/s1. The van der Waals surface area contributed by atoms with Crippen LogP contribution in [0.5, 0.6) is 5.75 Å². The Hall–Kier alpha value is -1.77. The lowest BCUT2D eigenvalue weighted by atomic mass is 9.84. The van der Waals surface area contributed by atoms with Gasteiger partial charge in [0.15, 0.2) is 0 Å². The minimum absolute atomic E-state index is 0.00564. The third kappa shape index (κ3) is 3.34. The van der Waals surface area contributed by atoms with E-state index in [2.05, 4.69) is 12.2 Å². The van der Waals surface area contributed by atoms with Gasteiger partial charge in [0.25, 0.3) is 0 Å². The zero-order valence-electron chi connectivity index (χ0n) is 13.4. The monoisotopic (exact) mass is 299 g/mol. The molecular weight excluding hydrogens is 274 g/mol. The number of hydrogen-bond donors (Lipinski definition) is 1. The maximum atomic E-state index is 12.1. The molecule has 1 aromatic rings. The van der Waals surface area contributed by atoms with Crippen molar-refractivity contribution < 1.29 is 9.53 Å². The van der Waals surface area contributed by atoms with E-state index in [0.29, 0.717) is 5.92 Å². The molecule has 118 valence electrons. The van der Waals surface area contributed by atoms with Crippen LogP contribution in [0.4, 0.5) is 0 Å². The molecule has 3 rings (SSSR count). The lowest BCUT2D eigenvalue weighted by Crippen LogP contribution is -2.39. The molecule has 1 amide bonds. The number of nitrogens with one attached hydrogen (secondary N) is 1. The SMILES string of the molecule is COc1ccc(/C=C/C(=O)N[C@H](C)[C@@H]2C[C@H]3CC[C@H]2C3)cc1. The summed E-state index contributed by atoms with van der Waals surface area (Å²) >= 11 is 0. The summed E-state index contributed by atoms with van der Waals surface area (Å²) in [6, 6.07) is 7.97. The van der Waals surface area contributed by atoms with Gasteiger partial charge in [0.1, 0.15) is 5.75 Å². The Morgan fingerprint density at radius 2 is 2.05 bits per heavy atom. The molecule has 3 heteroatoms. The van der Waals surface area contributed by atoms with Crippen LogP contribution in [0.2, 0.25) is 0 Å².